The molecule has 2 unspecified atom stereocenters. The van der Waals surface area contributed by atoms with E-state index in [9.17, 15) is 4.79 Å². The molecule has 0 aliphatic carbocycles. The van der Waals surface area contributed by atoms with Crippen LogP contribution < -0.4 is 5.32 Å². The molecule has 20 heavy (non-hydrogen) atoms. The predicted octanol–water partition coefficient (Wildman–Crippen LogP) is 0.746. The molecular weight excluding hydrogens is 258 g/mol. The van der Waals surface area contributed by atoms with Crippen molar-refractivity contribution in [3.05, 3.63) is 17.8 Å². The van der Waals surface area contributed by atoms with Gasteiger partial charge in [0.1, 0.15) is 6.04 Å². The average Bonchev–Trinajstić information content (AvgIpc) is 2.89. The zero-order chi connectivity index (χ0) is 13.9. The van der Waals surface area contributed by atoms with Gasteiger partial charge >= 0.3 is 0 Å². The molecule has 1 fully saturated rings. The van der Waals surface area contributed by atoms with Gasteiger partial charge in [-0.25, -0.2) is 4.98 Å². The van der Waals surface area contributed by atoms with Crippen LogP contribution in [0.15, 0.2) is 10.8 Å². The lowest BCUT2D eigenvalue weighted by atomic mass is 10.0. The molecule has 0 spiro atoms. The number of nitrogens with zero attached hydrogens (tertiary/aromatic N) is 2. The number of aromatic nitrogens is 1. The zero-order valence-corrected chi connectivity index (χ0v) is 11.8. The van der Waals surface area contributed by atoms with Gasteiger partial charge in [0.2, 0.25) is 5.91 Å². The van der Waals surface area contributed by atoms with Gasteiger partial charge in [0.05, 0.1) is 12.3 Å². The fraction of sp³-hybridized carbons (Fsp3) is 0.714. The Labute approximate surface area is 118 Å². The number of nitrogens with one attached hydrogen (secondary N) is 1. The fourth-order valence-corrected chi connectivity index (χ4v) is 3.05. The zero-order valence-electron chi connectivity index (χ0n) is 11.8. The molecule has 0 saturated carbocycles. The van der Waals surface area contributed by atoms with Gasteiger partial charge in [0.25, 0.3) is 0 Å². The Hall–Kier alpha value is -1.40. The minimum absolute atomic E-state index is 0.0774. The van der Waals surface area contributed by atoms with Crippen LogP contribution in [0.25, 0.3) is 0 Å². The van der Waals surface area contributed by atoms with Crippen LogP contribution in [0.4, 0.5) is 0 Å². The molecule has 1 amide bonds. The van der Waals surface area contributed by atoms with E-state index in [1.807, 2.05) is 4.90 Å². The first-order valence-corrected chi connectivity index (χ1v) is 7.25. The third-order valence-electron chi connectivity index (χ3n) is 4.13. The first kappa shape index (κ1) is 13.6. The van der Waals surface area contributed by atoms with E-state index in [1.165, 1.54) is 6.39 Å². The SMILES string of the molecule is CNC1C(=O)N(CC2CCCOC2)CCc2ncoc21. The Balaban J connectivity index is 1.73. The molecule has 2 atom stereocenters. The quantitative estimate of drug-likeness (QED) is 0.884. The highest BCUT2D eigenvalue weighted by molar-refractivity contribution is 5.83. The van der Waals surface area contributed by atoms with Gasteiger partial charge in [0.15, 0.2) is 12.2 Å². The van der Waals surface area contributed by atoms with Crippen LogP contribution in [-0.4, -0.2) is 49.1 Å². The molecule has 0 aromatic carbocycles. The number of rotatable bonds is 3. The average molecular weight is 279 g/mol. The second kappa shape index (κ2) is 5.93. The van der Waals surface area contributed by atoms with Gasteiger partial charge in [-0.2, -0.15) is 0 Å². The van der Waals surface area contributed by atoms with Crippen LogP contribution >= 0.6 is 0 Å². The van der Waals surface area contributed by atoms with Gasteiger partial charge in [-0.15, -0.1) is 0 Å². The highest BCUT2D eigenvalue weighted by Gasteiger charge is 2.34. The molecule has 6 nitrogen and oxygen atoms in total. The van der Waals surface area contributed by atoms with Crippen LogP contribution in [-0.2, 0) is 16.0 Å². The van der Waals surface area contributed by atoms with Gasteiger partial charge in [-0.3, -0.25) is 4.79 Å². The molecule has 1 N–H and O–H groups in total. The van der Waals surface area contributed by atoms with Crippen molar-refractivity contribution in [1.82, 2.24) is 15.2 Å². The van der Waals surface area contributed by atoms with E-state index in [1.54, 1.807) is 7.05 Å². The normalized spacial score (nSPS) is 27.2. The molecule has 1 saturated heterocycles. The topological polar surface area (TPSA) is 67.6 Å². The van der Waals surface area contributed by atoms with Crippen LogP contribution in [0, 0.1) is 5.92 Å². The van der Waals surface area contributed by atoms with Gasteiger partial charge < -0.3 is 19.4 Å². The molecule has 2 aliphatic heterocycles. The lowest BCUT2D eigenvalue weighted by Crippen LogP contribution is -2.42. The van der Waals surface area contributed by atoms with Gasteiger partial charge in [0, 0.05) is 26.1 Å². The van der Waals surface area contributed by atoms with Gasteiger partial charge in [-0.1, -0.05) is 0 Å². The number of fused-ring (bicyclic) bond motifs is 1. The third kappa shape index (κ3) is 2.58. The first-order valence-electron chi connectivity index (χ1n) is 7.25. The lowest BCUT2D eigenvalue weighted by molar-refractivity contribution is -0.134. The fourth-order valence-electron chi connectivity index (χ4n) is 3.05. The van der Waals surface area contributed by atoms with E-state index >= 15 is 0 Å². The summed E-state index contributed by atoms with van der Waals surface area (Å²) in [6.45, 7) is 3.08. The van der Waals surface area contributed by atoms with Crippen molar-refractivity contribution in [3.8, 4) is 0 Å². The van der Waals surface area contributed by atoms with Crippen molar-refractivity contribution < 1.29 is 13.9 Å². The molecule has 3 heterocycles. The largest absolute Gasteiger partial charge is 0.446 e. The van der Waals surface area contributed by atoms with E-state index in [2.05, 4.69) is 10.3 Å². The lowest BCUT2D eigenvalue weighted by Gasteiger charge is -2.30. The number of ether oxygens (including phenoxy) is 1. The summed E-state index contributed by atoms with van der Waals surface area (Å²) >= 11 is 0. The van der Waals surface area contributed by atoms with Gasteiger partial charge in [-0.05, 0) is 25.8 Å². The number of carbonyl (C=O) groups excluding carboxylic acids is 1. The van der Waals surface area contributed by atoms with E-state index in [0.29, 0.717) is 18.2 Å². The molecule has 3 rings (SSSR count). The molecule has 0 bridgehead atoms. The summed E-state index contributed by atoms with van der Waals surface area (Å²) < 4.78 is 10.9. The minimum atomic E-state index is -0.417. The maximum absolute atomic E-state index is 12.6. The van der Waals surface area contributed by atoms with Crippen LogP contribution in [0.1, 0.15) is 30.3 Å². The highest BCUT2D eigenvalue weighted by Crippen LogP contribution is 2.25. The molecule has 6 heteroatoms. The van der Waals surface area contributed by atoms with Crippen molar-refractivity contribution in [2.45, 2.75) is 25.3 Å². The second-order valence-electron chi connectivity index (χ2n) is 5.50. The summed E-state index contributed by atoms with van der Waals surface area (Å²) in [4.78, 5) is 18.8. The number of carbonyl (C=O) groups is 1. The maximum atomic E-state index is 12.6. The third-order valence-corrected chi connectivity index (χ3v) is 4.13. The van der Waals surface area contributed by atoms with Crippen molar-refractivity contribution >= 4 is 5.91 Å². The van der Waals surface area contributed by atoms with Crippen LogP contribution in [0.3, 0.4) is 0 Å². The Kier molecular flexibility index (Phi) is 4.03. The van der Waals surface area contributed by atoms with E-state index in [0.717, 1.165) is 44.7 Å². The molecule has 1 aromatic rings. The molecule has 110 valence electrons. The molecule has 0 radical (unpaired) electrons. The number of oxazole rings is 1. The Morgan fingerprint density at radius 2 is 2.45 bits per heavy atom. The minimum Gasteiger partial charge on any atom is -0.446 e. The molecule has 2 aliphatic rings. The second-order valence-corrected chi connectivity index (χ2v) is 5.50. The standard InChI is InChI=1S/C14H21N3O3/c1-15-12-13-11(16-9-20-13)4-5-17(14(12)18)7-10-3-2-6-19-8-10/h9-10,12,15H,2-8H2,1H3. The first-order chi connectivity index (χ1) is 9.79. The van der Waals surface area contributed by atoms with Crippen LogP contribution in [0.2, 0.25) is 0 Å². The molecule has 1 aromatic heterocycles. The number of likely N-dealkylation sites (N-methyl/N-ethyl adjacent to an activating group) is 1. The van der Waals surface area contributed by atoms with E-state index in [-0.39, 0.29) is 5.91 Å². The summed E-state index contributed by atoms with van der Waals surface area (Å²) in [6.07, 6.45) is 4.40. The molecular formula is C14H21N3O3. The van der Waals surface area contributed by atoms with E-state index < -0.39 is 6.04 Å². The smallest absolute Gasteiger partial charge is 0.247 e. The van der Waals surface area contributed by atoms with Crippen molar-refractivity contribution in [3.63, 3.8) is 0 Å². The summed E-state index contributed by atoms with van der Waals surface area (Å²) in [5.41, 5.74) is 0.889. The highest BCUT2D eigenvalue weighted by atomic mass is 16.5. The Morgan fingerprint density at radius 1 is 1.55 bits per heavy atom. The van der Waals surface area contributed by atoms with Crippen molar-refractivity contribution in [2.24, 2.45) is 5.92 Å². The summed E-state index contributed by atoms with van der Waals surface area (Å²) in [7, 11) is 1.78. The Bertz CT molecular complexity index is 468. The maximum Gasteiger partial charge on any atom is 0.247 e. The number of amides is 1. The summed E-state index contributed by atoms with van der Waals surface area (Å²) in [5.74, 6) is 1.19. The number of hydrogen-bond acceptors (Lipinski definition) is 5. The summed E-state index contributed by atoms with van der Waals surface area (Å²) in [6, 6.07) is -0.417. The predicted molar refractivity (Wildman–Crippen MR) is 72.1 cm³/mol. The van der Waals surface area contributed by atoms with Crippen molar-refractivity contribution in [1.29, 1.82) is 0 Å². The van der Waals surface area contributed by atoms with Crippen LogP contribution in [0.5, 0.6) is 0 Å². The summed E-state index contributed by atoms with van der Waals surface area (Å²) in [5, 5.41) is 3.05. The van der Waals surface area contributed by atoms with Crippen molar-refractivity contribution in [2.75, 3.05) is 33.4 Å². The monoisotopic (exact) mass is 279 g/mol. The van der Waals surface area contributed by atoms with E-state index in [4.69, 9.17) is 9.15 Å². The number of hydrogen-bond donors (Lipinski definition) is 1. The Morgan fingerprint density at radius 3 is 3.20 bits per heavy atom.